The molecule has 0 aliphatic carbocycles. The van der Waals surface area contributed by atoms with E-state index >= 15 is 0 Å². The molecule has 0 aliphatic rings. The van der Waals surface area contributed by atoms with Crippen LogP contribution in [0.3, 0.4) is 0 Å². The Morgan fingerprint density at radius 1 is 1.21 bits per heavy atom. The maximum atomic E-state index is 5.57. The minimum atomic E-state index is 0.198. The Kier molecular flexibility index (Phi) is 3.65. The molecule has 2 N–H and O–H groups in total. The van der Waals surface area contributed by atoms with Gasteiger partial charge in [0.2, 0.25) is 0 Å². The maximum absolute atomic E-state index is 5.57. The first-order valence-corrected chi connectivity index (χ1v) is 6.68. The van der Waals surface area contributed by atoms with E-state index in [4.69, 9.17) is 10.3 Å². The second-order valence-electron chi connectivity index (χ2n) is 6.21. The third-order valence-corrected chi connectivity index (χ3v) is 3.39. The zero-order valence-electron chi connectivity index (χ0n) is 12.1. The molecule has 1 atom stereocenters. The Labute approximate surface area is 114 Å². The minimum absolute atomic E-state index is 0.198. The molecule has 19 heavy (non-hydrogen) atoms. The second-order valence-corrected chi connectivity index (χ2v) is 6.21. The standard InChI is InChI=1S/C16H22N2O/c1-11(14-10-15(17)18-19-14)9-12-5-7-13(8-6-12)16(2,3)4/h5-8,10-11H,9H2,1-4H3,(H2,17,18). The van der Waals surface area contributed by atoms with Crippen molar-refractivity contribution in [2.45, 2.75) is 45.4 Å². The molecule has 1 aromatic heterocycles. The summed E-state index contributed by atoms with van der Waals surface area (Å²) in [4.78, 5) is 0. The lowest BCUT2D eigenvalue weighted by atomic mass is 9.86. The van der Waals surface area contributed by atoms with Crippen LogP contribution in [0.4, 0.5) is 5.82 Å². The van der Waals surface area contributed by atoms with Gasteiger partial charge in [0.05, 0.1) is 0 Å². The molecule has 2 rings (SSSR count). The number of rotatable bonds is 3. The summed E-state index contributed by atoms with van der Waals surface area (Å²) in [5.41, 5.74) is 8.43. The molecule has 1 aromatic carbocycles. The van der Waals surface area contributed by atoms with Crippen molar-refractivity contribution >= 4 is 5.82 Å². The first kappa shape index (κ1) is 13.7. The molecule has 1 unspecified atom stereocenters. The van der Waals surface area contributed by atoms with Crippen molar-refractivity contribution in [1.29, 1.82) is 0 Å². The van der Waals surface area contributed by atoms with Gasteiger partial charge in [0, 0.05) is 12.0 Å². The number of hydrogen-bond acceptors (Lipinski definition) is 3. The highest BCUT2D eigenvalue weighted by Crippen LogP contribution is 2.25. The molecule has 0 saturated carbocycles. The Hall–Kier alpha value is -1.77. The molecule has 3 nitrogen and oxygen atoms in total. The topological polar surface area (TPSA) is 52.0 Å². The lowest BCUT2D eigenvalue weighted by Crippen LogP contribution is -2.10. The number of nitrogens with zero attached hydrogens (tertiary/aromatic N) is 1. The highest BCUT2D eigenvalue weighted by molar-refractivity contribution is 5.31. The molecule has 0 aliphatic heterocycles. The van der Waals surface area contributed by atoms with Crippen LogP contribution in [0.1, 0.15) is 50.5 Å². The molecular formula is C16H22N2O. The van der Waals surface area contributed by atoms with Crippen LogP contribution in [-0.2, 0) is 11.8 Å². The van der Waals surface area contributed by atoms with Crippen LogP contribution >= 0.6 is 0 Å². The lowest BCUT2D eigenvalue weighted by molar-refractivity contribution is 0.367. The Morgan fingerprint density at radius 2 is 1.84 bits per heavy atom. The van der Waals surface area contributed by atoms with E-state index in [1.165, 1.54) is 11.1 Å². The van der Waals surface area contributed by atoms with Crippen molar-refractivity contribution < 1.29 is 4.52 Å². The van der Waals surface area contributed by atoms with Crippen LogP contribution in [0.2, 0.25) is 0 Å². The number of nitrogen functional groups attached to an aromatic ring is 1. The minimum Gasteiger partial charge on any atom is -0.381 e. The maximum Gasteiger partial charge on any atom is 0.167 e. The lowest BCUT2D eigenvalue weighted by Gasteiger charge is -2.19. The molecule has 3 heteroatoms. The van der Waals surface area contributed by atoms with Gasteiger partial charge in [-0.15, -0.1) is 0 Å². The fourth-order valence-corrected chi connectivity index (χ4v) is 2.13. The van der Waals surface area contributed by atoms with E-state index < -0.39 is 0 Å². The summed E-state index contributed by atoms with van der Waals surface area (Å²) in [6, 6.07) is 10.6. The van der Waals surface area contributed by atoms with Crippen molar-refractivity contribution in [2.24, 2.45) is 0 Å². The number of nitrogens with two attached hydrogens (primary N) is 1. The largest absolute Gasteiger partial charge is 0.381 e. The average molecular weight is 258 g/mol. The molecule has 0 radical (unpaired) electrons. The molecule has 0 bridgehead atoms. The summed E-state index contributed by atoms with van der Waals surface area (Å²) in [5, 5.41) is 3.73. The Morgan fingerprint density at radius 3 is 2.32 bits per heavy atom. The first-order valence-electron chi connectivity index (χ1n) is 6.68. The van der Waals surface area contributed by atoms with E-state index in [0.717, 1.165) is 12.2 Å². The van der Waals surface area contributed by atoms with E-state index in [1.807, 2.05) is 0 Å². The molecule has 0 amide bonds. The van der Waals surface area contributed by atoms with Crippen LogP contribution in [-0.4, -0.2) is 5.16 Å². The van der Waals surface area contributed by atoms with Gasteiger partial charge in [-0.2, -0.15) is 0 Å². The third kappa shape index (κ3) is 3.37. The third-order valence-electron chi connectivity index (χ3n) is 3.39. The van der Waals surface area contributed by atoms with Gasteiger partial charge >= 0.3 is 0 Å². The van der Waals surface area contributed by atoms with Crippen molar-refractivity contribution in [2.75, 3.05) is 5.73 Å². The normalized spacial score (nSPS) is 13.5. The van der Waals surface area contributed by atoms with E-state index in [9.17, 15) is 0 Å². The number of anilines is 1. The molecule has 0 saturated heterocycles. The summed E-state index contributed by atoms with van der Waals surface area (Å²) in [5.74, 6) is 1.58. The summed E-state index contributed by atoms with van der Waals surface area (Å²) < 4.78 is 5.20. The van der Waals surface area contributed by atoms with Crippen LogP contribution in [0.15, 0.2) is 34.9 Å². The summed E-state index contributed by atoms with van der Waals surface area (Å²) in [7, 11) is 0. The van der Waals surface area contributed by atoms with E-state index in [0.29, 0.717) is 5.82 Å². The predicted molar refractivity (Wildman–Crippen MR) is 78.2 cm³/mol. The summed E-state index contributed by atoms with van der Waals surface area (Å²) in [6.45, 7) is 8.80. The van der Waals surface area contributed by atoms with Gasteiger partial charge in [-0.05, 0) is 23.0 Å². The fourth-order valence-electron chi connectivity index (χ4n) is 2.13. The molecule has 1 heterocycles. The zero-order chi connectivity index (χ0) is 14.0. The van der Waals surface area contributed by atoms with Gasteiger partial charge < -0.3 is 10.3 Å². The molecule has 0 spiro atoms. The van der Waals surface area contributed by atoms with E-state index in [1.54, 1.807) is 6.07 Å². The highest BCUT2D eigenvalue weighted by Gasteiger charge is 2.15. The highest BCUT2D eigenvalue weighted by atomic mass is 16.5. The van der Waals surface area contributed by atoms with Gasteiger partial charge in [-0.25, -0.2) is 0 Å². The van der Waals surface area contributed by atoms with Crippen molar-refractivity contribution in [3.05, 3.63) is 47.2 Å². The molecular weight excluding hydrogens is 236 g/mol. The quantitative estimate of drug-likeness (QED) is 0.908. The first-order chi connectivity index (χ1) is 8.86. The second kappa shape index (κ2) is 5.08. The number of hydrogen-bond donors (Lipinski definition) is 1. The van der Waals surface area contributed by atoms with Crippen LogP contribution in [0.25, 0.3) is 0 Å². The Balaban J connectivity index is 2.07. The zero-order valence-corrected chi connectivity index (χ0v) is 12.1. The number of aromatic nitrogens is 1. The number of benzene rings is 1. The van der Waals surface area contributed by atoms with Gasteiger partial charge in [0.15, 0.2) is 5.82 Å². The van der Waals surface area contributed by atoms with Gasteiger partial charge in [0.1, 0.15) is 5.76 Å². The molecule has 2 aromatic rings. The fraction of sp³-hybridized carbons (Fsp3) is 0.438. The average Bonchev–Trinajstić information content (AvgIpc) is 2.75. The van der Waals surface area contributed by atoms with Crippen molar-refractivity contribution in [1.82, 2.24) is 5.16 Å². The van der Waals surface area contributed by atoms with Gasteiger partial charge in [-0.1, -0.05) is 57.1 Å². The molecule has 0 fully saturated rings. The summed E-state index contributed by atoms with van der Waals surface area (Å²) in [6.07, 6.45) is 0.930. The predicted octanol–water partition coefficient (Wildman–Crippen LogP) is 3.90. The Bertz CT molecular complexity index is 535. The summed E-state index contributed by atoms with van der Waals surface area (Å²) >= 11 is 0. The van der Waals surface area contributed by atoms with Crippen molar-refractivity contribution in [3.8, 4) is 0 Å². The monoisotopic (exact) mass is 258 g/mol. The SMILES string of the molecule is CC(Cc1ccc(C(C)(C)C)cc1)c1cc(N)no1. The molecule has 102 valence electrons. The van der Waals surface area contributed by atoms with E-state index in [2.05, 4.69) is 57.1 Å². The van der Waals surface area contributed by atoms with Gasteiger partial charge in [0.25, 0.3) is 0 Å². The van der Waals surface area contributed by atoms with Crippen LogP contribution in [0, 0.1) is 0 Å². The van der Waals surface area contributed by atoms with Gasteiger partial charge in [-0.3, -0.25) is 0 Å². The van der Waals surface area contributed by atoms with Crippen LogP contribution < -0.4 is 5.73 Å². The van der Waals surface area contributed by atoms with Crippen LogP contribution in [0.5, 0.6) is 0 Å². The van der Waals surface area contributed by atoms with E-state index in [-0.39, 0.29) is 11.3 Å². The smallest absolute Gasteiger partial charge is 0.167 e. The van der Waals surface area contributed by atoms with Crippen molar-refractivity contribution in [3.63, 3.8) is 0 Å².